The van der Waals surface area contributed by atoms with Gasteiger partial charge in [0, 0.05) is 11.4 Å². The molecule has 2 aromatic rings. The molecule has 0 spiro atoms. The average Bonchev–Trinajstić information content (AvgIpc) is 3.10. The highest BCUT2D eigenvalue weighted by atomic mass is 32.1. The minimum Gasteiger partial charge on any atom is -0.333 e. The van der Waals surface area contributed by atoms with Crippen LogP contribution >= 0.6 is 11.3 Å². The van der Waals surface area contributed by atoms with Gasteiger partial charge in [0.1, 0.15) is 11.0 Å². The Kier molecular flexibility index (Phi) is 4.17. The van der Waals surface area contributed by atoms with E-state index in [1.807, 2.05) is 23.9 Å². The SMILES string of the molecule is CCNC(c1nc2c(s1)CCCC2)c1cncn1CC. The molecule has 0 aromatic carbocycles. The number of nitrogens with one attached hydrogen (secondary N) is 1. The molecule has 1 aliphatic rings. The fourth-order valence-electron chi connectivity index (χ4n) is 2.85. The first kappa shape index (κ1) is 13.8. The first-order chi connectivity index (χ1) is 9.83. The van der Waals surface area contributed by atoms with Crippen LogP contribution in [0.25, 0.3) is 0 Å². The summed E-state index contributed by atoms with van der Waals surface area (Å²) in [6.45, 7) is 6.18. The number of aryl methyl sites for hydroxylation is 3. The first-order valence-corrected chi connectivity index (χ1v) is 8.37. The lowest BCUT2D eigenvalue weighted by atomic mass is 10.0. The van der Waals surface area contributed by atoms with E-state index in [2.05, 4.69) is 28.7 Å². The lowest BCUT2D eigenvalue weighted by molar-refractivity contribution is 0.570. The summed E-state index contributed by atoms with van der Waals surface area (Å²) in [6.07, 6.45) is 8.84. The van der Waals surface area contributed by atoms with E-state index in [1.54, 1.807) is 0 Å². The van der Waals surface area contributed by atoms with Crippen molar-refractivity contribution in [1.29, 1.82) is 0 Å². The van der Waals surface area contributed by atoms with E-state index in [0.29, 0.717) is 0 Å². The standard InChI is InChI=1S/C15H22N4S/c1-3-17-14(12-9-16-10-19(12)4-2)15-18-11-7-5-6-8-13(11)20-15/h9-10,14,17H,3-8H2,1-2H3. The van der Waals surface area contributed by atoms with Gasteiger partial charge in [0.2, 0.25) is 0 Å². The normalized spacial score (nSPS) is 16.1. The summed E-state index contributed by atoms with van der Waals surface area (Å²) in [6, 6.07) is 0.179. The van der Waals surface area contributed by atoms with Crippen molar-refractivity contribution in [3.63, 3.8) is 0 Å². The second-order valence-electron chi connectivity index (χ2n) is 5.22. The van der Waals surface area contributed by atoms with Crippen LogP contribution in [0, 0.1) is 0 Å². The largest absolute Gasteiger partial charge is 0.333 e. The first-order valence-electron chi connectivity index (χ1n) is 7.55. The van der Waals surface area contributed by atoms with Crippen LogP contribution in [0.4, 0.5) is 0 Å². The van der Waals surface area contributed by atoms with Gasteiger partial charge in [-0.15, -0.1) is 11.3 Å². The number of imidazole rings is 1. The molecule has 3 rings (SSSR count). The Morgan fingerprint density at radius 3 is 2.95 bits per heavy atom. The van der Waals surface area contributed by atoms with Gasteiger partial charge in [0.05, 0.1) is 23.9 Å². The van der Waals surface area contributed by atoms with Gasteiger partial charge in [-0.25, -0.2) is 9.97 Å². The molecule has 2 heterocycles. The van der Waals surface area contributed by atoms with E-state index in [9.17, 15) is 0 Å². The van der Waals surface area contributed by atoms with Crippen LogP contribution in [0.3, 0.4) is 0 Å². The van der Waals surface area contributed by atoms with E-state index < -0.39 is 0 Å². The third-order valence-electron chi connectivity index (χ3n) is 3.90. The predicted molar refractivity (Wildman–Crippen MR) is 82.2 cm³/mol. The molecule has 1 unspecified atom stereocenters. The Bertz CT molecular complexity index is 549. The smallest absolute Gasteiger partial charge is 0.116 e. The Balaban J connectivity index is 1.96. The maximum Gasteiger partial charge on any atom is 0.116 e. The summed E-state index contributed by atoms with van der Waals surface area (Å²) in [4.78, 5) is 10.7. The number of aromatic nitrogens is 3. The molecule has 2 aromatic heterocycles. The number of rotatable bonds is 5. The van der Waals surface area contributed by atoms with E-state index >= 15 is 0 Å². The van der Waals surface area contributed by atoms with Gasteiger partial charge >= 0.3 is 0 Å². The Morgan fingerprint density at radius 1 is 1.35 bits per heavy atom. The molecule has 0 saturated carbocycles. The maximum absolute atomic E-state index is 4.92. The van der Waals surface area contributed by atoms with Crippen LogP contribution in [-0.4, -0.2) is 21.1 Å². The fourth-order valence-corrected chi connectivity index (χ4v) is 4.10. The van der Waals surface area contributed by atoms with Crippen molar-refractivity contribution in [2.75, 3.05) is 6.54 Å². The highest BCUT2D eigenvalue weighted by Gasteiger charge is 2.23. The molecular weight excluding hydrogens is 268 g/mol. The molecule has 1 atom stereocenters. The van der Waals surface area contributed by atoms with E-state index in [1.165, 1.54) is 40.5 Å². The molecule has 0 saturated heterocycles. The van der Waals surface area contributed by atoms with Crippen molar-refractivity contribution in [3.05, 3.63) is 33.8 Å². The number of hydrogen-bond acceptors (Lipinski definition) is 4. The molecular formula is C15H22N4S. The van der Waals surface area contributed by atoms with Crippen LogP contribution in [0.1, 0.15) is 54.0 Å². The molecule has 0 aliphatic heterocycles. The van der Waals surface area contributed by atoms with Crippen LogP contribution in [0.15, 0.2) is 12.5 Å². The van der Waals surface area contributed by atoms with Crippen molar-refractivity contribution < 1.29 is 0 Å². The van der Waals surface area contributed by atoms with Crippen LogP contribution in [0.2, 0.25) is 0 Å². The van der Waals surface area contributed by atoms with Gasteiger partial charge in [-0.1, -0.05) is 6.92 Å². The van der Waals surface area contributed by atoms with Crippen LogP contribution in [-0.2, 0) is 19.4 Å². The van der Waals surface area contributed by atoms with Gasteiger partial charge < -0.3 is 9.88 Å². The summed E-state index contributed by atoms with van der Waals surface area (Å²) in [5, 5.41) is 4.77. The van der Waals surface area contributed by atoms with E-state index in [-0.39, 0.29) is 6.04 Å². The molecule has 20 heavy (non-hydrogen) atoms. The number of nitrogens with zero attached hydrogens (tertiary/aromatic N) is 3. The highest BCUT2D eigenvalue weighted by Crippen LogP contribution is 2.32. The second kappa shape index (κ2) is 6.06. The third kappa shape index (κ3) is 2.52. The van der Waals surface area contributed by atoms with Crippen LogP contribution in [0.5, 0.6) is 0 Å². The zero-order valence-corrected chi connectivity index (χ0v) is 13.0. The van der Waals surface area contributed by atoms with E-state index in [0.717, 1.165) is 19.5 Å². The van der Waals surface area contributed by atoms with Crippen molar-refractivity contribution in [2.45, 2.75) is 52.1 Å². The minimum absolute atomic E-state index is 0.179. The minimum atomic E-state index is 0.179. The van der Waals surface area contributed by atoms with Crippen molar-refractivity contribution in [3.8, 4) is 0 Å². The summed E-state index contributed by atoms with van der Waals surface area (Å²) in [7, 11) is 0. The quantitative estimate of drug-likeness (QED) is 0.920. The third-order valence-corrected chi connectivity index (χ3v) is 5.12. The van der Waals surface area contributed by atoms with Gasteiger partial charge in [-0.05, 0) is 39.2 Å². The Labute approximate surface area is 124 Å². The molecule has 0 fully saturated rings. The molecule has 0 bridgehead atoms. The predicted octanol–water partition coefficient (Wildman–Crippen LogP) is 2.94. The van der Waals surface area contributed by atoms with Gasteiger partial charge in [0.15, 0.2) is 0 Å². The average molecular weight is 290 g/mol. The highest BCUT2D eigenvalue weighted by molar-refractivity contribution is 7.11. The molecule has 5 heteroatoms. The van der Waals surface area contributed by atoms with Crippen molar-refractivity contribution >= 4 is 11.3 Å². The van der Waals surface area contributed by atoms with Crippen molar-refractivity contribution in [2.24, 2.45) is 0 Å². The van der Waals surface area contributed by atoms with Gasteiger partial charge in [-0.2, -0.15) is 0 Å². The molecule has 1 N–H and O–H groups in total. The van der Waals surface area contributed by atoms with E-state index in [4.69, 9.17) is 4.98 Å². The summed E-state index contributed by atoms with van der Waals surface area (Å²) >= 11 is 1.89. The fraction of sp³-hybridized carbons (Fsp3) is 0.600. The Hall–Kier alpha value is -1.20. The summed E-state index contributed by atoms with van der Waals surface area (Å²) in [5.41, 5.74) is 2.56. The summed E-state index contributed by atoms with van der Waals surface area (Å²) < 4.78 is 2.20. The Morgan fingerprint density at radius 2 is 2.20 bits per heavy atom. The maximum atomic E-state index is 4.92. The lowest BCUT2D eigenvalue weighted by Crippen LogP contribution is -2.24. The number of thiazole rings is 1. The second-order valence-corrected chi connectivity index (χ2v) is 6.34. The molecule has 0 radical (unpaired) electrons. The lowest BCUT2D eigenvalue weighted by Gasteiger charge is -2.16. The zero-order valence-electron chi connectivity index (χ0n) is 12.2. The van der Waals surface area contributed by atoms with Gasteiger partial charge in [0.25, 0.3) is 0 Å². The monoisotopic (exact) mass is 290 g/mol. The van der Waals surface area contributed by atoms with Crippen molar-refractivity contribution in [1.82, 2.24) is 19.9 Å². The number of hydrogen-bond donors (Lipinski definition) is 1. The topological polar surface area (TPSA) is 42.7 Å². The summed E-state index contributed by atoms with van der Waals surface area (Å²) in [5.74, 6) is 0. The molecule has 0 amide bonds. The van der Waals surface area contributed by atoms with Crippen LogP contribution < -0.4 is 5.32 Å². The number of fused-ring (bicyclic) bond motifs is 1. The molecule has 4 nitrogen and oxygen atoms in total. The van der Waals surface area contributed by atoms with Gasteiger partial charge in [-0.3, -0.25) is 0 Å². The zero-order chi connectivity index (χ0) is 13.9. The molecule has 108 valence electrons. The molecule has 1 aliphatic carbocycles.